The number of ether oxygens (including phenoxy) is 1. The first-order valence-electron chi connectivity index (χ1n) is 6.05. The Morgan fingerprint density at radius 1 is 1.16 bits per heavy atom. The molecule has 0 saturated heterocycles. The van der Waals surface area contributed by atoms with E-state index in [1.165, 1.54) is 10.5 Å². The first-order chi connectivity index (χ1) is 9.22. The number of hydrogen-bond donors (Lipinski definition) is 0. The number of benzene rings is 2. The van der Waals surface area contributed by atoms with Gasteiger partial charge in [-0.3, -0.25) is 0 Å². The third-order valence-electron chi connectivity index (χ3n) is 3.03. The van der Waals surface area contributed by atoms with Crippen LogP contribution >= 0.6 is 43.6 Å². The van der Waals surface area contributed by atoms with Gasteiger partial charge in [-0.05, 0) is 52.2 Å². The van der Waals surface area contributed by atoms with Gasteiger partial charge >= 0.3 is 0 Å². The smallest absolute Gasteiger partial charge is 0.133 e. The summed E-state index contributed by atoms with van der Waals surface area (Å²) < 4.78 is 7.96. The highest BCUT2D eigenvalue weighted by molar-refractivity contribution is 9.11. The maximum atomic E-state index is 5.92. The highest BCUT2D eigenvalue weighted by atomic mass is 79.9. The zero-order valence-electron chi connectivity index (χ0n) is 10.1. The van der Waals surface area contributed by atoms with Crippen LogP contribution < -0.4 is 4.74 Å². The van der Waals surface area contributed by atoms with Gasteiger partial charge in [-0.2, -0.15) is 0 Å². The molecule has 1 aliphatic heterocycles. The standard InChI is InChI=1S/C15H12Br2OS/c16-11-5-6-14(13(17)8-11)18-9-12-7-10-3-1-2-4-15(10)19-12/h1-6,8,12H,7,9H2. The van der Waals surface area contributed by atoms with Crippen molar-refractivity contribution in [1.29, 1.82) is 0 Å². The summed E-state index contributed by atoms with van der Waals surface area (Å²) in [4.78, 5) is 1.39. The Labute approximate surface area is 134 Å². The van der Waals surface area contributed by atoms with Gasteiger partial charge < -0.3 is 4.74 Å². The summed E-state index contributed by atoms with van der Waals surface area (Å²) in [6.07, 6.45) is 1.09. The van der Waals surface area contributed by atoms with Crippen LogP contribution in [0.2, 0.25) is 0 Å². The lowest BCUT2D eigenvalue weighted by molar-refractivity contribution is 0.315. The molecule has 2 aromatic rings. The zero-order chi connectivity index (χ0) is 13.2. The van der Waals surface area contributed by atoms with Gasteiger partial charge in [-0.15, -0.1) is 11.8 Å². The van der Waals surface area contributed by atoms with Crippen LogP contribution in [0, 0.1) is 0 Å². The van der Waals surface area contributed by atoms with Gasteiger partial charge in [0.2, 0.25) is 0 Å². The van der Waals surface area contributed by atoms with E-state index in [4.69, 9.17) is 4.74 Å². The third-order valence-corrected chi connectivity index (χ3v) is 5.43. The first kappa shape index (κ1) is 13.5. The van der Waals surface area contributed by atoms with Gasteiger partial charge in [0, 0.05) is 14.6 Å². The molecular weight excluding hydrogens is 388 g/mol. The van der Waals surface area contributed by atoms with E-state index in [1.54, 1.807) is 0 Å². The van der Waals surface area contributed by atoms with E-state index in [0.717, 1.165) is 27.7 Å². The van der Waals surface area contributed by atoms with Crippen LogP contribution in [0.1, 0.15) is 5.56 Å². The Kier molecular flexibility index (Phi) is 4.20. The van der Waals surface area contributed by atoms with E-state index >= 15 is 0 Å². The van der Waals surface area contributed by atoms with Crippen LogP contribution in [-0.2, 0) is 6.42 Å². The predicted molar refractivity (Wildman–Crippen MR) is 87.1 cm³/mol. The molecule has 1 nitrogen and oxygen atoms in total. The summed E-state index contributed by atoms with van der Waals surface area (Å²) in [5.41, 5.74) is 1.44. The molecule has 0 fully saturated rings. The number of hydrogen-bond acceptors (Lipinski definition) is 2. The van der Waals surface area contributed by atoms with Crippen molar-refractivity contribution in [3.8, 4) is 5.75 Å². The van der Waals surface area contributed by atoms with Crippen molar-refractivity contribution >= 4 is 43.6 Å². The van der Waals surface area contributed by atoms with Crippen molar-refractivity contribution in [1.82, 2.24) is 0 Å². The van der Waals surface area contributed by atoms with Gasteiger partial charge in [0.25, 0.3) is 0 Å². The van der Waals surface area contributed by atoms with E-state index in [1.807, 2.05) is 30.0 Å². The van der Waals surface area contributed by atoms with Crippen LogP contribution in [0.3, 0.4) is 0 Å². The average molecular weight is 400 g/mol. The Bertz CT molecular complexity index is 575. The van der Waals surface area contributed by atoms with E-state index in [-0.39, 0.29) is 0 Å². The summed E-state index contributed by atoms with van der Waals surface area (Å²) in [6.45, 7) is 0.736. The minimum Gasteiger partial charge on any atom is -0.491 e. The van der Waals surface area contributed by atoms with Crippen molar-refractivity contribution in [2.75, 3.05) is 6.61 Å². The normalized spacial score (nSPS) is 17.3. The number of fused-ring (bicyclic) bond motifs is 1. The molecule has 0 amide bonds. The molecule has 0 saturated carbocycles. The molecule has 19 heavy (non-hydrogen) atoms. The van der Waals surface area contributed by atoms with E-state index in [0.29, 0.717) is 5.25 Å². The second-order valence-corrected chi connectivity index (χ2v) is 7.55. The Balaban J connectivity index is 1.63. The fourth-order valence-electron chi connectivity index (χ4n) is 2.12. The second kappa shape index (κ2) is 5.90. The molecule has 0 aromatic heterocycles. The van der Waals surface area contributed by atoms with Crippen molar-refractivity contribution in [3.63, 3.8) is 0 Å². The Morgan fingerprint density at radius 2 is 2.00 bits per heavy atom. The van der Waals surface area contributed by atoms with Crippen molar-refractivity contribution in [2.24, 2.45) is 0 Å². The van der Waals surface area contributed by atoms with Crippen LogP contribution in [0.15, 0.2) is 56.3 Å². The summed E-state index contributed by atoms with van der Waals surface area (Å²) in [6, 6.07) is 14.6. The van der Waals surface area contributed by atoms with E-state index in [9.17, 15) is 0 Å². The molecular formula is C15H12Br2OS. The number of rotatable bonds is 3. The second-order valence-electron chi connectivity index (χ2n) is 4.44. The summed E-state index contributed by atoms with van der Waals surface area (Å²) >= 11 is 8.88. The van der Waals surface area contributed by atoms with Crippen LogP contribution in [0.25, 0.3) is 0 Å². The lowest BCUT2D eigenvalue weighted by Gasteiger charge is -2.12. The van der Waals surface area contributed by atoms with Gasteiger partial charge in [-0.1, -0.05) is 34.1 Å². The minimum absolute atomic E-state index is 0.507. The molecule has 0 radical (unpaired) electrons. The maximum absolute atomic E-state index is 5.92. The predicted octanol–water partition coefficient (Wildman–Crippen LogP) is 5.31. The van der Waals surface area contributed by atoms with Gasteiger partial charge in [-0.25, -0.2) is 0 Å². The fraction of sp³-hybridized carbons (Fsp3) is 0.200. The maximum Gasteiger partial charge on any atom is 0.133 e. The molecule has 2 aromatic carbocycles. The van der Waals surface area contributed by atoms with Crippen LogP contribution in [0.4, 0.5) is 0 Å². The monoisotopic (exact) mass is 398 g/mol. The number of thioether (sulfide) groups is 1. The third kappa shape index (κ3) is 3.18. The van der Waals surface area contributed by atoms with Crippen molar-refractivity contribution in [3.05, 3.63) is 57.0 Å². The minimum atomic E-state index is 0.507. The molecule has 3 rings (SSSR count). The Hall–Kier alpha value is -0.450. The molecule has 0 bridgehead atoms. The number of halogens is 2. The summed E-state index contributed by atoms with van der Waals surface area (Å²) in [5.74, 6) is 0.903. The molecule has 1 heterocycles. The molecule has 98 valence electrons. The molecule has 0 spiro atoms. The lowest BCUT2D eigenvalue weighted by Crippen LogP contribution is -2.13. The van der Waals surface area contributed by atoms with Gasteiger partial charge in [0.1, 0.15) is 12.4 Å². The van der Waals surface area contributed by atoms with Gasteiger partial charge in [0.15, 0.2) is 0 Å². The van der Waals surface area contributed by atoms with E-state index < -0.39 is 0 Å². The molecule has 0 N–H and O–H groups in total. The lowest BCUT2D eigenvalue weighted by atomic mass is 10.1. The molecule has 1 unspecified atom stereocenters. The highest BCUT2D eigenvalue weighted by Gasteiger charge is 2.22. The summed E-state index contributed by atoms with van der Waals surface area (Å²) in [5, 5.41) is 0.507. The molecule has 1 atom stereocenters. The Morgan fingerprint density at radius 3 is 2.79 bits per heavy atom. The van der Waals surface area contributed by atoms with Crippen LogP contribution in [-0.4, -0.2) is 11.9 Å². The SMILES string of the molecule is Brc1ccc(OCC2Cc3ccccc3S2)c(Br)c1. The zero-order valence-corrected chi connectivity index (χ0v) is 14.1. The largest absolute Gasteiger partial charge is 0.491 e. The molecule has 0 aliphatic carbocycles. The molecule has 4 heteroatoms. The first-order valence-corrected chi connectivity index (χ1v) is 8.51. The highest BCUT2D eigenvalue weighted by Crippen LogP contribution is 2.37. The van der Waals surface area contributed by atoms with Crippen LogP contribution in [0.5, 0.6) is 5.75 Å². The average Bonchev–Trinajstić information content (AvgIpc) is 2.80. The van der Waals surface area contributed by atoms with Gasteiger partial charge in [0.05, 0.1) is 4.47 Å². The van der Waals surface area contributed by atoms with Crippen molar-refractivity contribution in [2.45, 2.75) is 16.6 Å². The quantitative estimate of drug-likeness (QED) is 0.691. The fourth-order valence-corrected chi connectivity index (χ4v) is 4.50. The van der Waals surface area contributed by atoms with E-state index in [2.05, 4.69) is 56.1 Å². The van der Waals surface area contributed by atoms with Crippen molar-refractivity contribution < 1.29 is 4.74 Å². The topological polar surface area (TPSA) is 9.23 Å². The molecule has 1 aliphatic rings. The summed E-state index contributed by atoms with van der Waals surface area (Å²) in [7, 11) is 0.